The van der Waals surface area contributed by atoms with Crippen molar-refractivity contribution in [2.45, 2.75) is 11.8 Å². The largest absolute Gasteiger partial charge is 0.354 e. The molecule has 1 aromatic rings. The molecule has 1 aromatic carbocycles. The molecule has 1 heterocycles. The summed E-state index contributed by atoms with van der Waals surface area (Å²) in [6, 6.07) is 4.68. The van der Waals surface area contributed by atoms with Crippen LogP contribution in [0.25, 0.3) is 0 Å². The number of guanidine groups is 1. The highest BCUT2D eigenvalue weighted by molar-refractivity contribution is 8.13. The van der Waals surface area contributed by atoms with Gasteiger partial charge in [0.15, 0.2) is 5.96 Å². The Bertz CT molecular complexity index is 569. The Morgan fingerprint density at radius 3 is 2.82 bits per heavy atom. The molecule has 2 N–H and O–H groups in total. The minimum Gasteiger partial charge on any atom is -0.354 e. The number of hydrogen-bond donors (Lipinski definition) is 2. The first-order valence-corrected chi connectivity index (χ1v) is 7.38. The van der Waals surface area contributed by atoms with E-state index in [-0.39, 0.29) is 4.90 Å². The van der Waals surface area contributed by atoms with Gasteiger partial charge in [-0.25, -0.2) is 8.42 Å². The normalized spacial score (nSPS) is 15.3. The minimum atomic E-state index is -3.70. The van der Waals surface area contributed by atoms with E-state index in [1.54, 1.807) is 6.07 Å². The third-order valence-electron chi connectivity index (χ3n) is 2.42. The third-order valence-corrected chi connectivity index (χ3v) is 3.77. The SMILES string of the molecule is Cc1ccc(S(=O)(=O)Cl)cc1NC1=NCCN1. The summed E-state index contributed by atoms with van der Waals surface area (Å²) in [6.45, 7) is 3.38. The Labute approximate surface area is 104 Å². The molecule has 92 valence electrons. The molecule has 1 aliphatic rings. The Hall–Kier alpha value is -1.27. The van der Waals surface area contributed by atoms with Gasteiger partial charge < -0.3 is 10.6 Å². The number of hydrogen-bond acceptors (Lipinski definition) is 5. The van der Waals surface area contributed by atoms with Crippen molar-refractivity contribution in [1.29, 1.82) is 0 Å². The molecule has 0 aromatic heterocycles. The van der Waals surface area contributed by atoms with Crippen molar-refractivity contribution < 1.29 is 8.42 Å². The maximum absolute atomic E-state index is 11.2. The molecule has 5 nitrogen and oxygen atoms in total. The molecular formula is C10H12ClN3O2S. The Kier molecular flexibility index (Phi) is 3.26. The number of nitrogens with zero attached hydrogens (tertiary/aromatic N) is 1. The minimum absolute atomic E-state index is 0.0749. The summed E-state index contributed by atoms with van der Waals surface area (Å²) in [4.78, 5) is 4.25. The summed E-state index contributed by atoms with van der Waals surface area (Å²) >= 11 is 0. The first kappa shape index (κ1) is 12.2. The monoisotopic (exact) mass is 273 g/mol. The van der Waals surface area contributed by atoms with Gasteiger partial charge in [0.2, 0.25) is 0 Å². The van der Waals surface area contributed by atoms with Gasteiger partial charge in [-0.1, -0.05) is 6.07 Å². The van der Waals surface area contributed by atoms with Gasteiger partial charge in [-0.05, 0) is 24.6 Å². The Balaban J connectivity index is 2.32. The van der Waals surface area contributed by atoms with Crippen molar-refractivity contribution in [3.63, 3.8) is 0 Å². The van der Waals surface area contributed by atoms with E-state index in [0.29, 0.717) is 11.6 Å². The van der Waals surface area contributed by atoms with Crippen molar-refractivity contribution in [2.75, 3.05) is 18.4 Å². The zero-order chi connectivity index (χ0) is 12.5. The van der Waals surface area contributed by atoms with Crippen molar-refractivity contribution in [1.82, 2.24) is 5.32 Å². The van der Waals surface area contributed by atoms with E-state index >= 15 is 0 Å². The van der Waals surface area contributed by atoms with Gasteiger partial charge in [0.05, 0.1) is 11.4 Å². The Morgan fingerprint density at radius 2 is 2.24 bits per heavy atom. The molecule has 0 amide bonds. The van der Waals surface area contributed by atoms with E-state index in [1.165, 1.54) is 12.1 Å². The molecule has 0 saturated carbocycles. The number of rotatable bonds is 2. The highest BCUT2D eigenvalue weighted by atomic mass is 35.7. The van der Waals surface area contributed by atoms with Crippen LogP contribution < -0.4 is 10.6 Å². The molecular weight excluding hydrogens is 262 g/mol. The molecule has 0 radical (unpaired) electrons. The number of aryl methyl sites for hydroxylation is 1. The number of aliphatic imine (C=N–C) groups is 1. The van der Waals surface area contributed by atoms with Crippen LogP contribution in [0.3, 0.4) is 0 Å². The molecule has 0 saturated heterocycles. The average Bonchev–Trinajstić information content (AvgIpc) is 2.72. The molecule has 0 fully saturated rings. The third kappa shape index (κ3) is 2.89. The lowest BCUT2D eigenvalue weighted by atomic mass is 10.2. The van der Waals surface area contributed by atoms with Crippen LogP contribution in [0, 0.1) is 6.92 Å². The van der Waals surface area contributed by atoms with Crippen LogP contribution in [0.15, 0.2) is 28.1 Å². The number of anilines is 1. The van der Waals surface area contributed by atoms with Crippen LogP contribution in [-0.2, 0) is 9.05 Å². The van der Waals surface area contributed by atoms with Gasteiger partial charge in [-0.3, -0.25) is 4.99 Å². The lowest BCUT2D eigenvalue weighted by molar-refractivity contribution is 0.609. The van der Waals surface area contributed by atoms with Gasteiger partial charge in [0, 0.05) is 22.9 Å². The quantitative estimate of drug-likeness (QED) is 0.797. The van der Waals surface area contributed by atoms with Crippen LogP contribution in [0.1, 0.15) is 5.56 Å². The van der Waals surface area contributed by atoms with Crippen molar-refractivity contribution >= 4 is 31.4 Å². The predicted molar refractivity (Wildman–Crippen MR) is 68.1 cm³/mol. The molecule has 1 aliphatic heterocycles. The summed E-state index contributed by atoms with van der Waals surface area (Å²) in [6.07, 6.45) is 0. The van der Waals surface area contributed by atoms with E-state index in [4.69, 9.17) is 10.7 Å². The van der Waals surface area contributed by atoms with E-state index in [1.807, 2.05) is 6.92 Å². The molecule has 2 rings (SSSR count). The zero-order valence-corrected chi connectivity index (χ0v) is 10.8. The fourth-order valence-corrected chi connectivity index (χ4v) is 2.27. The molecule has 17 heavy (non-hydrogen) atoms. The fraction of sp³-hybridized carbons (Fsp3) is 0.300. The van der Waals surface area contributed by atoms with Crippen molar-refractivity contribution in [2.24, 2.45) is 4.99 Å². The van der Waals surface area contributed by atoms with Gasteiger partial charge in [-0.15, -0.1) is 0 Å². The zero-order valence-electron chi connectivity index (χ0n) is 9.20. The maximum Gasteiger partial charge on any atom is 0.261 e. The maximum atomic E-state index is 11.2. The van der Waals surface area contributed by atoms with Crippen LogP contribution in [0.4, 0.5) is 5.69 Å². The van der Waals surface area contributed by atoms with Crippen LogP contribution in [0.5, 0.6) is 0 Å². The number of benzene rings is 1. The summed E-state index contributed by atoms with van der Waals surface area (Å²) in [5.41, 5.74) is 1.60. The predicted octanol–water partition coefficient (Wildman–Crippen LogP) is 1.29. The van der Waals surface area contributed by atoms with Crippen molar-refractivity contribution in [3.8, 4) is 0 Å². The lowest BCUT2D eigenvalue weighted by Gasteiger charge is -2.10. The second kappa shape index (κ2) is 4.54. The molecule has 0 aliphatic carbocycles. The highest BCUT2D eigenvalue weighted by Gasteiger charge is 2.13. The van der Waals surface area contributed by atoms with Gasteiger partial charge in [0.25, 0.3) is 9.05 Å². The van der Waals surface area contributed by atoms with Crippen molar-refractivity contribution in [3.05, 3.63) is 23.8 Å². The van der Waals surface area contributed by atoms with Crippen LogP contribution >= 0.6 is 10.7 Å². The standard InChI is InChI=1S/C10H12ClN3O2S/c1-7-2-3-8(17(11,15)16)6-9(7)14-10-12-4-5-13-10/h2-3,6H,4-5H2,1H3,(H2,12,13,14). The summed E-state index contributed by atoms with van der Waals surface area (Å²) < 4.78 is 22.5. The molecule has 0 spiro atoms. The lowest BCUT2D eigenvalue weighted by Crippen LogP contribution is -2.26. The fourth-order valence-electron chi connectivity index (χ4n) is 1.50. The van der Waals surface area contributed by atoms with E-state index in [0.717, 1.165) is 18.7 Å². The second-order valence-corrected chi connectivity index (χ2v) is 6.26. The topological polar surface area (TPSA) is 70.6 Å². The summed E-state index contributed by atoms with van der Waals surface area (Å²) in [7, 11) is 1.59. The Morgan fingerprint density at radius 1 is 1.47 bits per heavy atom. The summed E-state index contributed by atoms with van der Waals surface area (Å²) in [5, 5.41) is 6.08. The van der Waals surface area contributed by atoms with E-state index in [9.17, 15) is 8.42 Å². The second-order valence-electron chi connectivity index (χ2n) is 3.70. The summed E-state index contributed by atoms with van der Waals surface area (Å²) in [5.74, 6) is 0.650. The van der Waals surface area contributed by atoms with Gasteiger partial charge in [0.1, 0.15) is 0 Å². The van der Waals surface area contributed by atoms with Gasteiger partial charge in [-0.2, -0.15) is 0 Å². The molecule has 7 heteroatoms. The number of halogens is 1. The molecule has 0 bridgehead atoms. The average molecular weight is 274 g/mol. The van der Waals surface area contributed by atoms with E-state index in [2.05, 4.69) is 15.6 Å². The number of nitrogens with one attached hydrogen (secondary N) is 2. The van der Waals surface area contributed by atoms with Crippen LogP contribution in [-0.4, -0.2) is 27.5 Å². The first-order chi connectivity index (χ1) is 7.97. The van der Waals surface area contributed by atoms with Crippen LogP contribution in [0.2, 0.25) is 0 Å². The van der Waals surface area contributed by atoms with Gasteiger partial charge >= 0.3 is 0 Å². The first-order valence-electron chi connectivity index (χ1n) is 5.07. The highest BCUT2D eigenvalue weighted by Crippen LogP contribution is 2.22. The molecule has 0 unspecified atom stereocenters. The molecule has 0 atom stereocenters. The smallest absolute Gasteiger partial charge is 0.261 e. The van der Waals surface area contributed by atoms with E-state index < -0.39 is 9.05 Å².